The first kappa shape index (κ1) is 12.4. The lowest BCUT2D eigenvalue weighted by atomic mass is 10.3. The number of carbonyl (C=O) groups excluding carboxylic acids is 1. The molecule has 0 aliphatic rings. The highest BCUT2D eigenvalue weighted by Crippen LogP contribution is 2.18. The summed E-state index contributed by atoms with van der Waals surface area (Å²) in [5, 5.41) is 2.66. The lowest BCUT2D eigenvalue weighted by Gasteiger charge is -2.08. The number of hydrogen-bond acceptors (Lipinski definition) is 3. The van der Waals surface area contributed by atoms with Crippen LogP contribution < -0.4 is 14.8 Å². The zero-order valence-corrected chi connectivity index (χ0v) is 9.66. The molecule has 0 heterocycles. The average molecular weight is 223 g/mol. The van der Waals surface area contributed by atoms with Crippen LogP contribution in [0.25, 0.3) is 0 Å². The second kappa shape index (κ2) is 6.71. The number of amides is 1. The van der Waals surface area contributed by atoms with Crippen LogP contribution in [-0.2, 0) is 4.79 Å². The first-order valence-corrected chi connectivity index (χ1v) is 5.32. The molecule has 16 heavy (non-hydrogen) atoms. The van der Waals surface area contributed by atoms with Gasteiger partial charge in [0, 0.05) is 13.0 Å². The van der Waals surface area contributed by atoms with Gasteiger partial charge in [-0.25, -0.2) is 0 Å². The first-order valence-electron chi connectivity index (χ1n) is 5.32. The number of benzene rings is 1. The Morgan fingerprint density at radius 1 is 1.31 bits per heavy atom. The Morgan fingerprint density at radius 2 is 2.00 bits per heavy atom. The average Bonchev–Trinajstić information content (AvgIpc) is 2.25. The molecule has 1 rings (SSSR count). The lowest BCUT2D eigenvalue weighted by Crippen LogP contribution is -2.25. The van der Waals surface area contributed by atoms with Crippen molar-refractivity contribution in [1.29, 1.82) is 0 Å². The number of ether oxygens (including phenoxy) is 2. The number of carbonyl (C=O) groups is 1. The van der Waals surface area contributed by atoms with Crippen LogP contribution in [0, 0.1) is 0 Å². The fourth-order valence-corrected chi connectivity index (χ4v) is 1.22. The van der Waals surface area contributed by atoms with E-state index in [-0.39, 0.29) is 5.91 Å². The third kappa shape index (κ3) is 4.68. The summed E-state index contributed by atoms with van der Waals surface area (Å²) in [6.07, 6.45) is 0. The van der Waals surface area contributed by atoms with Crippen LogP contribution in [-0.4, -0.2) is 25.7 Å². The van der Waals surface area contributed by atoms with Crippen LogP contribution in [0.4, 0.5) is 0 Å². The van der Waals surface area contributed by atoms with E-state index in [1.807, 2.05) is 31.2 Å². The van der Waals surface area contributed by atoms with Gasteiger partial charge in [0.15, 0.2) is 0 Å². The predicted octanol–water partition coefficient (Wildman–Crippen LogP) is 1.60. The van der Waals surface area contributed by atoms with Crippen LogP contribution in [0.15, 0.2) is 24.3 Å². The maximum Gasteiger partial charge on any atom is 0.216 e. The normalized spacial score (nSPS) is 9.62. The summed E-state index contributed by atoms with van der Waals surface area (Å²) < 4.78 is 10.8. The summed E-state index contributed by atoms with van der Waals surface area (Å²) in [6.45, 7) is 5.01. The molecule has 4 nitrogen and oxygen atoms in total. The van der Waals surface area contributed by atoms with Crippen LogP contribution in [0.1, 0.15) is 13.8 Å². The summed E-state index contributed by atoms with van der Waals surface area (Å²) in [6, 6.07) is 7.44. The Balaban J connectivity index is 2.35. The van der Waals surface area contributed by atoms with E-state index < -0.39 is 0 Å². The van der Waals surface area contributed by atoms with Crippen molar-refractivity contribution in [1.82, 2.24) is 5.32 Å². The summed E-state index contributed by atoms with van der Waals surface area (Å²) in [4.78, 5) is 10.6. The van der Waals surface area contributed by atoms with E-state index in [0.29, 0.717) is 19.8 Å². The molecule has 0 spiro atoms. The molecule has 0 aliphatic heterocycles. The van der Waals surface area contributed by atoms with Crippen LogP contribution in [0.2, 0.25) is 0 Å². The van der Waals surface area contributed by atoms with Crippen LogP contribution in [0.5, 0.6) is 11.5 Å². The Kier molecular flexibility index (Phi) is 5.19. The van der Waals surface area contributed by atoms with Gasteiger partial charge in [-0.3, -0.25) is 4.79 Å². The van der Waals surface area contributed by atoms with Crippen molar-refractivity contribution in [2.45, 2.75) is 13.8 Å². The molecule has 0 aliphatic carbocycles. The van der Waals surface area contributed by atoms with Gasteiger partial charge in [-0.05, 0) is 19.1 Å². The molecule has 88 valence electrons. The standard InChI is InChI=1S/C12H17NO3/c1-3-15-11-5-4-6-12(9-11)16-8-7-13-10(2)14/h4-6,9H,3,7-8H2,1-2H3,(H,13,14). The predicted molar refractivity (Wildman–Crippen MR) is 61.8 cm³/mol. The third-order valence-corrected chi connectivity index (χ3v) is 1.86. The van der Waals surface area contributed by atoms with Crippen molar-refractivity contribution < 1.29 is 14.3 Å². The van der Waals surface area contributed by atoms with Gasteiger partial charge in [0.2, 0.25) is 5.91 Å². The van der Waals surface area contributed by atoms with E-state index in [1.54, 1.807) is 0 Å². The highest BCUT2D eigenvalue weighted by atomic mass is 16.5. The molecule has 0 aromatic heterocycles. The second-order valence-corrected chi connectivity index (χ2v) is 3.24. The molecule has 1 aromatic carbocycles. The largest absolute Gasteiger partial charge is 0.494 e. The molecular formula is C12H17NO3. The van der Waals surface area contributed by atoms with E-state index in [0.717, 1.165) is 11.5 Å². The molecule has 1 N–H and O–H groups in total. The monoisotopic (exact) mass is 223 g/mol. The first-order chi connectivity index (χ1) is 7.72. The van der Waals surface area contributed by atoms with Gasteiger partial charge in [-0.2, -0.15) is 0 Å². The molecule has 0 atom stereocenters. The van der Waals surface area contributed by atoms with Crippen molar-refractivity contribution in [2.75, 3.05) is 19.8 Å². The van der Waals surface area contributed by atoms with E-state index in [2.05, 4.69) is 5.32 Å². The molecular weight excluding hydrogens is 206 g/mol. The van der Waals surface area contributed by atoms with Gasteiger partial charge in [0.05, 0.1) is 13.2 Å². The summed E-state index contributed by atoms with van der Waals surface area (Å²) in [5.74, 6) is 1.49. The highest BCUT2D eigenvalue weighted by molar-refractivity contribution is 5.72. The van der Waals surface area contributed by atoms with Crippen molar-refractivity contribution >= 4 is 5.91 Å². The minimum atomic E-state index is -0.0494. The van der Waals surface area contributed by atoms with Crippen molar-refractivity contribution in [3.8, 4) is 11.5 Å². The topological polar surface area (TPSA) is 47.6 Å². The van der Waals surface area contributed by atoms with Crippen LogP contribution in [0.3, 0.4) is 0 Å². The zero-order chi connectivity index (χ0) is 11.8. The Morgan fingerprint density at radius 3 is 2.62 bits per heavy atom. The fourth-order valence-electron chi connectivity index (χ4n) is 1.22. The van der Waals surface area contributed by atoms with Crippen LogP contribution >= 0.6 is 0 Å². The van der Waals surface area contributed by atoms with Crippen molar-refractivity contribution in [3.05, 3.63) is 24.3 Å². The van der Waals surface area contributed by atoms with E-state index in [9.17, 15) is 4.79 Å². The molecule has 0 saturated carbocycles. The molecule has 0 radical (unpaired) electrons. The van der Waals surface area contributed by atoms with E-state index in [4.69, 9.17) is 9.47 Å². The molecule has 4 heteroatoms. The Bertz CT molecular complexity index is 339. The number of rotatable bonds is 6. The number of nitrogens with one attached hydrogen (secondary N) is 1. The Labute approximate surface area is 95.6 Å². The fraction of sp³-hybridized carbons (Fsp3) is 0.417. The second-order valence-electron chi connectivity index (χ2n) is 3.24. The third-order valence-electron chi connectivity index (χ3n) is 1.86. The molecule has 1 aromatic rings. The summed E-state index contributed by atoms with van der Waals surface area (Å²) in [5.41, 5.74) is 0. The summed E-state index contributed by atoms with van der Waals surface area (Å²) >= 11 is 0. The zero-order valence-electron chi connectivity index (χ0n) is 9.66. The van der Waals surface area contributed by atoms with Gasteiger partial charge >= 0.3 is 0 Å². The smallest absolute Gasteiger partial charge is 0.216 e. The minimum Gasteiger partial charge on any atom is -0.494 e. The minimum absolute atomic E-state index is 0.0494. The Hall–Kier alpha value is -1.71. The van der Waals surface area contributed by atoms with Gasteiger partial charge in [0.1, 0.15) is 18.1 Å². The van der Waals surface area contributed by atoms with Gasteiger partial charge in [-0.1, -0.05) is 6.07 Å². The van der Waals surface area contributed by atoms with Crippen molar-refractivity contribution in [3.63, 3.8) is 0 Å². The van der Waals surface area contributed by atoms with Gasteiger partial charge in [-0.15, -0.1) is 0 Å². The van der Waals surface area contributed by atoms with Gasteiger partial charge < -0.3 is 14.8 Å². The molecule has 0 saturated heterocycles. The molecule has 0 fully saturated rings. The quantitative estimate of drug-likeness (QED) is 0.745. The van der Waals surface area contributed by atoms with Crippen molar-refractivity contribution in [2.24, 2.45) is 0 Å². The molecule has 0 bridgehead atoms. The van der Waals surface area contributed by atoms with E-state index >= 15 is 0 Å². The maximum atomic E-state index is 10.6. The molecule has 1 amide bonds. The van der Waals surface area contributed by atoms with E-state index in [1.165, 1.54) is 6.92 Å². The summed E-state index contributed by atoms with van der Waals surface area (Å²) in [7, 11) is 0. The highest BCUT2D eigenvalue weighted by Gasteiger charge is 1.97. The van der Waals surface area contributed by atoms with Gasteiger partial charge in [0.25, 0.3) is 0 Å². The lowest BCUT2D eigenvalue weighted by molar-refractivity contribution is -0.119. The molecule has 0 unspecified atom stereocenters. The maximum absolute atomic E-state index is 10.6. The SMILES string of the molecule is CCOc1cccc(OCCNC(C)=O)c1. The number of hydrogen-bond donors (Lipinski definition) is 1.